The lowest BCUT2D eigenvalue weighted by Gasteiger charge is -2.16. The Bertz CT molecular complexity index is 553. The van der Waals surface area contributed by atoms with Crippen LogP contribution in [-0.2, 0) is 9.05 Å². The predicted octanol–water partition coefficient (Wildman–Crippen LogP) is 3.67. The topological polar surface area (TPSA) is 43.4 Å². The summed E-state index contributed by atoms with van der Waals surface area (Å²) in [6.07, 6.45) is 0. The highest BCUT2D eigenvalue weighted by atomic mass is 35.7. The van der Waals surface area contributed by atoms with Gasteiger partial charge in [-0.15, -0.1) is 0 Å². The van der Waals surface area contributed by atoms with Crippen LogP contribution in [0, 0.1) is 20.8 Å². The first kappa shape index (κ1) is 16.7. The predicted molar refractivity (Wildman–Crippen MR) is 82.2 cm³/mol. The lowest BCUT2D eigenvalue weighted by atomic mass is 10.1. The molecular weight excluding hydrogens is 304 g/mol. The molecule has 0 saturated heterocycles. The minimum absolute atomic E-state index is 0.166. The van der Waals surface area contributed by atoms with E-state index in [-0.39, 0.29) is 4.90 Å². The summed E-state index contributed by atoms with van der Waals surface area (Å²) in [5, 5.41) is 0. The van der Waals surface area contributed by atoms with Gasteiger partial charge in [0.25, 0.3) is 9.05 Å². The highest BCUT2D eigenvalue weighted by molar-refractivity contribution is 8.13. The molecule has 0 bridgehead atoms. The Hall–Kier alpha value is -0.390. The van der Waals surface area contributed by atoms with Crippen LogP contribution in [0.3, 0.4) is 0 Å². The van der Waals surface area contributed by atoms with Crippen molar-refractivity contribution < 1.29 is 13.2 Å². The van der Waals surface area contributed by atoms with Gasteiger partial charge in [0.15, 0.2) is 0 Å². The van der Waals surface area contributed by atoms with E-state index in [0.717, 1.165) is 28.4 Å². The fourth-order valence-corrected chi connectivity index (χ4v) is 3.65. The Kier molecular flexibility index (Phi) is 6.02. The van der Waals surface area contributed by atoms with Crippen LogP contribution in [0.2, 0.25) is 0 Å². The van der Waals surface area contributed by atoms with Crippen molar-refractivity contribution >= 4 is 31.5 Å². The summed E-state index contributed by atoms with van der Waals surface area (Å²) in [7, 11) is 1.72. The number of aryl methyl sites for hydroxylation is 1. The number of benzene rings is 1. The minimum Gasteiger partial charge on any atom is -0.492 e. The summed E-state index contributed by atoms with van der Waals surface area (Å²) in [5.41, 5.74) is 2.28. The number of thioether (sulfide) groups is 1. The van der Waals surface area contributed by atoms with E-state index in [4.69, 9.17) is 15.4 Å². The molecule has 0 spiro atoms. The average molecular weight is 323 g/mol. The Labute approximate surface area is 124 Å². The standard InChI is InChI=1S/C13H19ClO3S2/c1-5-18-7-6-17-13-9(2)8-12(19(14,15)16)10(3)11(13)4/h8H,5-7H2,1-4H3. The maximum atomic E-state index is 11.5. The molecule has 3 nitrogen and oxygen atoms in total. The van der Waals surface area contributed by atoms with Crippen molar-refractivity contribution in [2.24, 2.45) is 0 Å². The van der Waals surface area contributed by atoms with Crippen molar-refractivity contribution in [3.05, 3.63) is 22.8 Å². The second kappa shape index (κ2) is 6.86. The van der Waals surface area contributed by atoms with Crippen molar-refractivity contribution in [1.29, 1.82) is 0 Å². The van der Waals surface area contributed by atoms with Crippen molar-refractivity contribution in [3.8, 4) is 5.75 Å². The van der Waals surface area contributed by atoms with Gasteiger partial charge in [0.1, 0.15) is 5.75 Å². The summed E-state index contributed by atoms with van der Waals surface area (Å²) in [6, 6.07) is 1.58. The molecule has 1 rings (SSSR count). The van der Waals surface area contributed by atoms with E-state index in [2.05, 4.69) is 6.92 Å². The molecular formula is C13H19ClO3S2. The average Bonchev–Trinajstić information content (AvgIpc) is 2.31. The quantitative estimate of drug-likeness (QED) is 0.592. The van der Waals surface area contributed by atoms with E-state index in [1.807, 2.05) is 25.6 Å². The van der Waals surface area contributed by atoms with Crippen molar-refractivity contribution in [3.63, 3.8) is 0 Å². The number of hydrogen-bond acceptors (Lipinski definition) is 4. The van der Waals surface area contributed by atoms with Crippen LogP contribution in [0.25, 0.3) is 0 Å². The van der Waals surface area contributed by atoms with Gasteiger partial charge < -0.3 is 4.74 Å². The maximum Gasteiger partial charge on any atom is 0.261 e. The maximum absolute atomic E-state index is 11.5. The van der Waals surface area contributed by atoms with Crippen LogP contribution in [-0.4, -0.2) is 26.5 Å². The third-order valence-corrected chi connectivity index (χ3v) is 5.23. The first-order chi connectivity index (χ1) is 8.79. The molecule has 0 heterocycles. The van der Waals surface area contributed by atoms with Gasteiger partial charge in [0.2, 0.25) is 0 Å². The largest absolute Gasteiger partial charge is 0.492 e. The van der Waals surface area contributed by atoms with Crippen molar-refractivity contribution in [2.45, 2.75) is 32.6 Å². The summed E-state index contributed by atoms with van der Waals surface area (Å²) in [4.78, 5) is 0.166. The molecule has 0 atom stereocenters. The first-order valence-electron chi connectivity index (χ1n) is 6.05. The second-order valence-corrected chi connectivity index (χ2v) is 8.18. The van der Waals surface area contributed by atoms with Gasteiger partial charge in [-0.05, 0) is 49.3 Å². The highest BCUT2D eigenvalue weighted by Gasteiger charge is 2.19. The first-order valence-corrected chi connectivity index (χ1v) is 9.51. The lowest BCUT2D eigenvalue weighted by Crippen LogP contribution is -2.06. The Morgan fingerprint density at radius 2 is 1.89 bits per heavy atom. The van der Waals surface area contributed by atoms with Gasteiger partial charge in [-0.2, -0.15) is 11.8 Å². The molecule has 6 heteroatoms. The second-order valence-electron chi connectivity index (χ2n) is 4.25. The summed E-state index contributed by atoms with van der Waals surface area (Å²) in [6.45, 7) is 8.16. The molecule has 0 aliphatic rings. The number of hydrogen-bond donors (Lipinski definition) is 0. The SMILES string of the molecule is CCSCCOc1c(C)cc(S(=O)(=O)Cl)c(C)c1C. The van der Waals surface area contributed by atoms with Crippen LogP contribution in [0.4, 0.5) is 0 Å². The Morgan fingerprint density at radius 3 is 2.42 bits per heavy atom. The van der Waals surface area contributed by atoms with E-state index in [0.29, 0.717) is 12.2 Å². The van der Waals surface area contributed by atoms with Gasteiger partial charge in [-0.3, -0.25) is 0 Å². The van der Waals surface area contributed by atoms with Crippen LogP contribution < -0.4 is 4.74 Å². The molecule has 0 unspecified atom stereocenters. The Balaban J connectivity index is 3.06. The van der Waals surface area contributed by atoms with Crippen LogP contribution in [0.1, 0.15) is 23.6 Å². The van der Waals surface area contributed by atoms with Gasteiger partial charge in [0.05, 0.1) is 11.5 Å². The van der Waals surface area contributed by atoms with Gasteiger partial charge >= 0.3 is 0 Å². The molecule has 0 fully saturated rings. The van der Waals surface area contributed by atoms with Crippen molar-refractivity contribution in [2.75, 3.05) is 18.1 Å². The van der Waals surface area contributed by atoms with E-state index in [1.54, 1.807) is 13.0 Å². The third kappa shape index (κ3) is 4.29. The summed E-state index contributed by atoms with van der Waals surface area (Å²) < 4.78 is 28.7. The minimum atomic E-state index is -3.71. The molecule has 0 aromatic heterocycles. The smallest absolute Gasteiger partial charge is 0.261 e. The zero-order valence-corrected chi connectivity index (χ0v) is 14.0. The zero-order valence-electron chi connectivity index (χ0n) is 11.6. The van der Waals surface area contributed by atoms with Gasteiger partial charge in [-0.25, -0.2) is 8.42 Å². The van der Waals surface area contributed by atoms with Crippen molar-refractivity contribution in [1.82, 2.24) is 0 Å². The molecule has 19 heavy (non-hydrogen) atoms. The fourth-order valence-electron chi connectivity index (χ4n) is 1.84. The molecule has 0 N–H and O–H groups in total. The Morgan fingerprint density at radius 1 is 1.26 bits per heavy atom. The van der Waals surface area contributed by atoms with Crippen LogP contribution in [0.15, 0.2) is 11.0 Å². The van der Waals surface area contributed by atoms with Gasteiger partial charge in [0, 0.05) is 16.4 Å². The normalized spacial score (nSPS) is 11.6. The van der Waals surface area contributed by atoms with Gasteiger partial charge in [-0.1, -0.05) is 6.92 Å². The summed E-state index contributed by atoms with van der Waals surface area (Å²) in [5.74, 6) is 2.74. The number of halogens is 1. The monoisotopic (exact) mass is 322 g/mol. The fraction of sp³-hybridized carbons (Fsp3) is 0.538. The molecule has 1 aromatic rings. The molecule has 0 aliphatic heterocycles. The third-order valence-electron chi connectivity index (χ3n) is 2.92. The van der Waals surface area contributed by atoms with Crippen LogP contribution >= 0.6 is 22.4 Å². The molecule has 0 aliphatic carbocycles. The van der Waals surface area contributed by atoms with E-state index in [9.17, 15) is 8.42 Å². The summed E-state index contributed by atoms with van der Waals surface area (Å²) >= 11 is 1.81. The van der Waals surface area contributed by atoms with E-state index < -0.39 is 9.05 Å². The van der Waals surface area contributed by atoms with E-state index in [1.165, 1.54) is 0 Å². The molecule has 0 radical (unpaired) electrons. The zero-order chi connectivity index (χ0) is 14.6. The number of rotatable bonds is 6. The van der Waals surface area contributed by atoms with E-state index >= 15 is 0 Å². The number of ether oxygens (including phenoxy) is 1. The van der Waals surface area contributed by atoms with Crippen LogP contribution in [0.5, 0.6) is 5.75 Å². The molecule has 0 amide bonds. The molecule has 108 valence electrons. The molecule has 1 aromatic carbocycles. The lowest BCUT2D eigenvalue weighted by molar-refractivity contribution is 0.338. The molecule has 0 saturated carbocycles. The highest BCUT2D eigenvalue weighted by Crippen LogP contribution is 2.32.